The maximum Gasteiger partial charge on any atom is 0.407 e. The topological polar surface area (TPSA) is 106 Å². The largest absolute Gasteiger partial charge is 0.444 e. The van der Waals surface area contributed by atoms with Gasteiger partial charge in [0, 0.05) is 19.0 Å². The van der Waals surface area contributed by atoms with Crippen molar-refractivity contribution in [3.8, 4) is 11.4 Å². The Hall–Kier alpha value is -2.90. The van der Waals surface area contributed by atoms with Gasteiger partial charge in [0.1, 0.15) is 11.6 Å². The average Bonchev–Trinajstić information content (AvgIpc) is 3.09. The van der Waals surface area contributed by atoms with Gasteiger partial charge in [-0.3, -0.25) is 4.79 Å². The van der Waals surface area contributed by atoms with Crippen LogP contribution in [0.3, 0.4) is 0 Å². The van der Waals surface area contributed by atoms with E-state index in [1.807, 2.05) is 52.0 Å². The lowest BCUT2D eigenvalue weighted by atomic mass is 10.1. The number of amides is 2. The minimum atomic E-state index is -0.520. The zero-order valence-electron chi connectivity index (χ0n) is 17.7. The summed E-state index contributed by atoms with van der Waals surface area (Å²) in [5, 5.41) is 9.61. The van der Waals surface area contributed by atoms with Crippen molar-refractivity contribution in [1.29, 1.82) is 0 Å². The number of hydrogen-bond donors (Lipinski definition) is 2. The zero-order chi connectivity index (χ0) is 21.4. The number of hydrogen-bond acceptors (Lipinski definition) is 6. The van der Waals surface area contributed by atoms with Crippen molar-refractivity contribution in [2.45, 2.75) is 65.5 Å². The highest BCUT2D eigenvalue weighted by atomic mass is 16.6. The molecule has 0 saturated heterocycles. The van der Waals surface area contributed by atoms with Gasteiger partial charge in [0.25, 0.3) is 0 Å². The molecule has 0 bridgehead atoms. The molecule has 2 N–H and O–H groups in total. The number of benzene rings is 1. The maximum atomic E-state index is 11.7. The van der Waals surface area contributed by atoms with Gasteiger partial charge in [-0.25, -0.2) is 4.79 Å². The van der Waals surface area contributed by atoms with Crippen LogP contribution in [-0.2, 0) is 9.53 Å². The fraction of sp³-hybridized carbons (Fsp3) is 0.524. The molecule has 0 spiro atoms. The second-order valence-corrected chi connectivity index (χ2v) is 8.00. The summed E-state index contributed by atoms with van der Waals surface area (Å²) >= 11 is 0. The lowest BCUT2D eigenvalue weighted by Crippen LogP contribution is -2.33. The van der Waals surface area contributed by atoms with Crippen LogP contribution in [0.4, 0.5) is 4.79 Å². The van der Waals surface area contributed by atoms with E-state index in [2.05, 4.69) is 20.8 Å². The van der Waals surface area contributed by atoms with Crippen molar-refractivity contribution in [3.63, 3.8) is 0 Å². The summed E-state index contributed by atoms with van der Waals surface area (Å²) in [5.74, 6) is 0.690. The van der Waals surface area contributed by atoms with Crippen molar-refractivity contribution >= 4 is 12.0 Å². The fourth-order valence-electron chi connectivity index (χ4n) is 2.68. The van der Waals surface area contributed by atoms with Crippen molar-refractivity contribution < 1.29 is 18.8 Å². The van der Waals surface area contributed by atoms with Crippen LogP contribution in [0.25, 0.3) is 11.4 Å². The number of nitrogens with one attached hydrogen (secondary N) is 2. The summed E-state index contributed by atoms with van der Waals surface area (Å²) in [5.41, 5.74) is 1.48. The van der Waals surface area contributed by atoms with E-state index in [4.69, 9.17) is 9.26 Å². The van der Waals surface area contributed by atoms with Gasteiger partial charge in [-0.15, -0.1) is 0 Å². The molecule has 29 heavy (non-hydrogen) atoms. The van der Waals surface area contributed by atoms with E-state index in [1.165, 1.54) is 6.92 Å². The standard InChI is InChI=1S/C21H30N4O4/c1-14-9-11-16(12-10-14)18-24-19(29-25-18)17(23-15(2)26)8-6-7-13-22-20(27)28-21(3,4)5/h9-12,17H,6-8,13H2,1-5H3,(H,22,27)(H,23,26)/t17-/m0/s1. The van der Waals surface area contributed by atoms with Crippen LogP contribution in [0, 0.1) is 6.92 Å². The molecule has 2 aromatic rings. The molecule has 2 amide bonds. The molecule has 0 radical (unpaired) electrons. The molecule has 1 atom stereocenters. The number of alkyl carbamates (subject to hydrolysis) is 1. The highest BCUT2D eigenvalue weighted by Gasteiger charge is 2.20. The third-order valence-electron chi connectivity index (χ3n) is 4.01. The number of carbonyl (C=O) groups excluding carboxylic acids is 2. The zero-order valence-corrected chi connectivity index (χ0v) is 17.7. The molecule has 0 aliphatic carbocycles. The molecule has 158 valence electrons. The Labute approximate surface area is 171 Å². The molecule has 0 aliphatic rings. The van der Waals surface area contributed by atoms with Crippen molar-refractivity contribution in [2.24, 2.45) is 0 Å². The summed E-state index contributed by atoms with van der Waals surface area (Å²) in [6.45, 7) is 9.41. The monoisotopic (exact) mass is 402 g/mol. The van der Waals surface area contributed by atoms with Crippen LogP contribution in [0.1, 0.15) is 64.5 Å². The van der Waals surface area contributed by atoms with Crippen LogP contribution in [-0.4, -0.2) is 34.3 Å². The first-order chi connectivity index (χ1) is 13.6. The lowest BCUT2D eigenvalue weighted by molar-refractivity contribution is -0.119. The SMILES string of the molecule is CC(=O)N[C@@H](CCCCNC(=O)OC(C)(C)C)c1nc(-c2ccc(C)cc2)no1. The molecule has 8 nitrogen and oxygen atoms in total. The second-order valence-electron chi connectivity index (χ2n) is 8.00. The third kappa shape index (κ3) is 7.93. The van der Waals surface area contributed by atoms with Gasteiger partial charge in [0.05, 0.1) is 0 Å². The third-order valence-corrected chi connectivity index (χ3v) is 4.01. The van der Waals surface area contributed by atoms with E-state index in [0.717, 1.165) is 24.0 Å². The van der Waals surface area contributed by atoms with Gasteiger partial charge in [0.2, 0.25) is 17.6 Å². The Kier molecular flexibility index (Phi) is 7.75. The smallest absolute Gasteiger partial charge is 0.407 e. The molecule has 1 aromatic heterocycles. The number of ether oxygens (including phenoxy) is 1. The number of nitrogens with zero attached hydrogens (tertiary/aromatic N) is 2. The average molecular weight is 402 g/mol. The van der Waals surface area contributed by atoms with E-state index in [9.17, 15) is 9.59 Å². The number of aryl methyl sites for hydroxylation is 1. The number of carbonyl (C=O) groups is 2. The Morgan fingerprint density at radius 3 is 2.48 bits per heavy atom. The summed E-state index contributed by atoms with van der Waals surface area (Å²) in [4.78, 5) is 27.7. The number of aromatic nitrogens is 2. The maximum absolute atomic E-state index is 11.7. The summed E-state index contributed by atoms with van der Waals surface area (Å²) in [7, 11) is 0. The first-order valence-electron chi connectivity index (χ1n) is 9.78. The van der Waals surface area contributed by atoms with E-state index < -0.39 is 11.7 Å². The molecule has 1 heterocycles. The first-order valence-corrected chi connectivity index (χ1v) is 9.78. The molecule has 1 aromatic carbocycles. The second kappa shape index (κ2) is 10.0. The minimum Gasteiger partial charge on any atom is -0.444 e. The fourth-order valence-corrected chi connectivity index (χ4v) is 2.68. The molecule has 0 unspecified atom stereocenters. The van der Waals surface area contributed by atoms with Gasteiger partial charge in [-0.05, 0) is 47.0 Å². The Balaban J connectivity index is 1.89. The number of rotatable bonds is 8. The van der Waals surface area contributed by atoms with Gasteiger partial charge in [0.15, 0.2) is 0 Å². The molecule has 0 fully saturated rings. The quantitative estimate of drug-likeness (QED) is 0.648. The van der Waals surface area contributed by atoms with E-state index in [0.29, 0.717) is 24.7 Å². The van der Waals surface area contributed by atoms with E-state index >= 15 is 0 Å². The minimum absolute atomic E-state index is 0.169. The lowest BCUT2D eigenvalue weighted by Gasteiger charge is -2.19. The Bertz CT molecular complexity index is 809. The Morgan fingerprint density at radius 2 is 1.86 bits per heavy atom. The van der Waals surface area contributed by atoms with Crippen molar-refractivity contribution in [1.82, 2.24) is 20.8 Å². The summed E-state index contributed by atoms with van der Waals surface area (Å²) in [6.07, 6.45) is 1.66. The van der Waals surface area contributed by atoms with Crippen molar-refractivity contribution in [2.75, 3.05) is 6.54 Å². The van der Waals surface area contributed by atoms with Crippen LogP contribution in [0.2, 0.25) is 0 Å². The van der Waals surface area contributed by atoms with Gasteiger partial charge >= 0.3 is 6.09 Å². The van der Waals surface area contributed by atoms with Crippen LogP contribution >= 0.6 is 0 Å². The summed E-state index contributed by atoms with van der Waals surface area (Å²) in [6, 6.07) is 7.45. The Morgan fingerprint density at radius 1 is 1.17 bits per heavy atom. The molecular formula is C21H30N4O4. The van der Waals surface area contributed by atoms with Crippen LogP contribution < -0.4 is 10.6 Å². The summed E-state index contributed by atoms with van der Waals surface area (Å²) < 4.78 is 10.6. The van der Waals surface area contributed by atoms with E-state index in [-0.39, 0.29) is 11.9 Å². The molecule has 8 heteroatoms. The molecule has 0 aliphatic heterocycles. The molecular weight excluding hydrogens is 372 g/mol. The molecule has 2 rings (SSSR count). The highest BCUT2D eigenvalue weighted by molar-refractivity contribution is 5.73. The van der Waals surface area contributed by atoms with Gasteiger partial charge in [-0.2, -0.15) is 4.98 Å². The predicted molar refractivity (Wildman–Crippen MR) is 109 cm³/mol. The van der Waals surface area contributed by atoms with Gasteiger partial charge < -0.3 is 19.9 Å². The van der Waals surface area contributed by atoms with Crippen LogP contribution in [0.15, 0.2) is 28.8 Å². The van der Waals surface area contributed by atoms with Crippen molar-refractivity contribution in [3.05, 3.63) is 35.7 Å². The van der Waals surface area contributed by atoms with E-state index in [1.54, 1.807) is 0 Å². The molecule has 0 saturated carbocycles. The normalized spacial score (nSPS) is 12.3. The predicted octanol–water partition coefficient (Wildman–Crippen LogP) is 3.92. The first kappa shape index (κ1) is 22.4. The number of unbranched alkanes of at least 4 members (excludes halogenated alkanes) is 1. The van der Waals surface area contributed by atoms with Gasteiger partial charge in [-0.1, -0.05) is 35.0 Å². The highest BCUT2D eigenvalue weighted by Crippen LogP contribution is 2.22. The van der Waals surface area contributed by atoms with Crippen LogP contribution in [0.5, 0.6) is 0 Å².